The van der Waals surface area contributed by atoms with Crippen molar-refractivity contribution in [2.24, 2.45) is 0 Å². The lowest BCUT2D eigenvalue weighted by Crippen LogP contribution is -2.53. The summed E-state index contributed by atoms with van der Waals surface area (Å²) in [6, 6.07) is 23.9. The van der Waals surface area contributed by atoms with E-state index in [0.717, 1.165) is 33.5 Å². The Balaban J connectivity index is 1.51. The molecule has 180 valence electrons. The predicted molar refractivity (Wildman–Crippen MR) is 142 cm³/mol. The molecule has 0 aromatic heterocycles. The Hall–Kier alpha value is -3.25. The molecular weight excluding hydrogens is 454 g/mol. The number of urea groups is 1. The standard InChI is InChI=1S/C29H31N3O2S/c1-20-10-9-12-22(16-20)17-30-27(34)32-19-28(3,4)35-29(32)24-14-7-8-15-25(24)31(26(29)33)18-23-13-6-5-11-21(23)2/h5-16H,17-19H2,1-4H3,(H,30,34)/t29-/m1/s1. The van der Waals surface area contributed by atoms with Crippen molar-refractivity contribution in [2.75, 3.05) is 11.4 Å². The molecule has 35 heavy (non-hydrogen) atoms. The van der Waals surface area contributed by atoms with Gasteiger partial charge in [0, 0.05) is 23.4 Å². The average Bonchev–Trinajstić information content (AvgIpc) is 3.25. The van der Waals surface area contributed by atoms with Crippen molar-refractivity contribution in [3.63, 3.8) is 0 Å². The summed E-state index contributed by atoms with van der Waals surface area (Å²) in [5, 5.41) is 3.08. The summed E-state index contributed by atoms with van der Waals surface area (Å²) < 4.78 is -0.276. The van der Waals surface area contributed by atoms with Crippen molar-refractivity contribution in [1.82, 2.24) is 10.2 Å². The van der Waals surface area contributed by atoms with Gasteiger partial charge in [-0.2, -0.15) is 0 Å². The van der Waals surface area contributed by atoms with Gasteiger partial charge >= 0.3 is 6.03 Å². The van der Waals surface area contributed by atoms with E-state index in [0.29, 0.717) is 19.6 Å². The fraction of sp³-hybridized carbons (Fsp3) is 0.310. The minimum atomic E-state index is -1.08. The Kier molecular flexibility index (Phi) is 5.88. The lowest BCUT2D eigenvalue weighted by molar-refractivity contribution is -0.123. The molecule has 1 spiro atoms. The number of thioether (sulfide) groups is 1. The molecule has 3 aromatic carbocycles. The number of nitrogens with one attached hydrogen (secondary N) is 1. The molecule has 5 rings (SSSR count). The Morgan fingerprint density at radius 2 is 1.74 bits per heavy atom. The number of rotatable bonds is 4. The number of fused-ring (bicyclic) bond motifs is 2. The minimum absolute atomic E-state index is 0.0526. The number of carbonyl (C=O) groups excluding carboxylic acids is 2. The quantitative estimate of drug-likeness (QED) is 0.513. The van der Waals surface area contributed by atoms with Crippen molar-refractivity contribution in [3.8, 4) is 0 Å². The number of benzene rings is 3. The van der Waals surface area contributed by atoms with E-state index in [9.17, 15) is 9.59 Å². The first-order valence-corrected chi connectivity index (χ1v) is 12.8. The highest BCUT2D eigenvalue weighted by Crippen LogP contribution is 2.59. The maximum atomic E-state index is 14.3. The van der Waals surface area contributed by atoms with Crippen LogP contribution in [0.3, 0.4) is 0 Å². The molecule has 6 heteroatoms. The van der Waals surface area contributed by atoms with Gasteiger partial charge in [0.05, 0.1) is 12.2 Å². The van der Waals surface area contributed by atoms with E-state index < -0.39 is 4.87 Å². The Morgan fingerprint density at radius 3 is 2.51 bits per heavy atom. The Bertz CT molecular complexity index is 1300. The van der Waals surface area contributed by atoms with Crippen molar-refractivity contribution in [1.29, 1.82) is 0 Å². The van der Waals surface area contributed by atoms with Gasteiger partial charge in [-0.3, -0.25) is 9.69 Å². The Labute approximate surface area is 211 Å². The number of amides is 3. The van der Waals surface area contributed by atoms with Gasteiger partial charge in [-0.05, 0) is 50.5 Å². The van der Waals surface area contributed by atoms with Crippen LogP contribution >= 0.6 is 11.8 Å². The van der Waals surface area contributed by atoms with Crippen LogP contribution in [-0.4, -0.2) is 28.1 Å². The molecule has 5 nitrogen and oxygen atoms in total. The molecular formula is C29H31N3O2S. The third kappa shape index (κ3) is 4.10. The van der Waals surface area contributed by atoms with Gasteiger partial charge in [0.1, 0.15) is 0 Å². The van der Waals surface area contributed by atoms with Crippen LogP contribution in [0.5, 0.6) is 0 Å². The van der Waals surface area contributed by atoms with E-state index in [2.05, 4.69) is 44.3 Å². The van der Waals surface area contributed by atoms with E-state index >= 15 is 0 Å². The van der Waals surface area contributed by atoms with Crippen LogP contribution in [0.1, 0.15) is 41.7 Å². The number of hydrogen-bond acceptors (Lipinski definition) is 3. The fourth-order valence-electron chi connectivity index (χ4n) is 5.17. The summed E-state index contributed by atoms with van der Waals surface area (Å²) in [6.45, 7) is 9.69. The van der Waals surface area contributed by atoms with Crippen molar-refractivity contribution >= 4 is 29.4 Å². The third-order valence-electron chi connectivity index (χ3n) is 6.80. The number of para-hydroxylation sites is 1. The van der Waals surface area contributed by atoms with Gasteiger partial charge in [0.2, 0.25) is 0 Å². The highest BCUT2D eigenvalue weighted by atomic mass is 32.2. The molecule has 2 heterocycles. The van der Waals surface area contributed by atoms with Crippen LogP contribution in [0.2, 0.25) is 0 Å². The normalized spacial score (nSPS) is 20.4. The van der Waals surface area contributed by atoms with Crippen LogP contribution in [0.25, 0.3) is 0 Å². The van der Waals surface area contributed by atoms with Gasteiger partial charge in [-0.25, -0.2) is 4.79 Å². The zero-order valence-corrected chi connectivity index (χ0v) is 21.5. The molecule has 1 N–H and O–H groups in total. The first-order chi connectivity index (χ1) is 16.7. The first-order valence-electron chi connectivity index (χ1n) is 12.0. The van der Waals surface area contributed by atoms with Crippen LogP contribution in [0.15, 0.2) is 72.8 Å². The van der Waals surface area contributed by atoms with E-state index in [1.165, 1.54) is 0 Å². The second-order valence-electron chi connectivity index (χ2n) is 10.1. The number of carbonyl (C=O) groups is 2. The summed E-state index contributed by atoms with van der Waals surface area (Å²) >= 11 is 1.58. The molecule has 0 saturated carbocycles. The first kappa shape index (κ1) is 23.5. The van der Waals surface area contributed by atoms with E-state index in [1.54, 1.807) is 16.7 Å². The molecule has 2 aliphatic heterocycles. The van der Waals surface area contributed by atoms with Crippen LogP contribution < -0.4 is 10.2 Å². The zero-order chi connectivity index (χ0) is 24.8. The van der Waals surface area contributed by atoms with E-state index in [-0.39, 0.29) is 16.7 Å². The van der Waals surface area contributed by atoms with Gasteiger partial charge in [0.25, 0.3) is 5.91 Å². The van der Waals surface area contributed by atoms with E-state index in [4.69, 9.17) is 0 Å². The number of hydrogen-bond donors (Lipinski definition) is 1. The SMILES string of the molecule is Cc1cccc(CNC(=O)N2CC(C)(C)S[C@]23C(=O)N(Cc2ccccc2C)c2ccccc23)c1. The van der Waals surface area contributed by atoms with Crippen molar-refractivity contribution in [3.05, 3.63) is 101 Å². The van der Waals surface area contributed by atoms with Crippen LogP contribution in [-0.2, 0) is 22.8 Å². The fourth-order valence-corrected chi connectivity index (χ4v) is 6.90. The topological polar surface area (TPSA) is 52.7 Å². The molecule has 1 saturated heterocycles. The summed E-state index contributed by atoms with van der Waals surface area (Å²) in [4.78, 5) is 30.5. The second kappa shape index (κ2) is 8.76. The number of anilines is 1. The summed E-state index contributed by atoms with van der Waals surface area (Å²) in [5.74, 6) is -0.0526. The third-order valence-corrected chi connectivity index (χ3v) is 8.39. The molecule has 3 amide bonds. The molecule has 1 fully saturated rings. The summed E-state index contributed by atoms with van der Waals surface area (Å²) in [7, 11) is 0. The molecule has 1 atom stereocenters. The largest absolute Gasteiger partial charge is 0.334 e. The molecule has 0 bridgehead atoms. The van der Waals surface area contributed by atoms with Crippen molar-refractivity contribution in [2.45, 2.75) is 50.4 Å². The minimum Gasteiger partial charge on any atom is -0.334 e. The average molecular weight is 486 g/mol. The van der Waals surface area contributed by atoms with Gasteiger partial charge in [-0.15, -0.1) is 11.8 Å². The van der Waals surface area contributed by atoms with Crippen LogP contribution in [0, 0.1) is 13.8 Å². The second-order valence-corrected chi connectivity index (χ2v) is 12.0. The van der Waals surface area contributed by atoms with Gasteiger partial charge in [-0.1, -0.05) is 72.3 Å². The highest BCUT2D eigenvalue weighted by Gasteiger charge is 2.63. The smallest absolute Gasteiger partial charge is 0.319 e. The lowest BCUT2D eigenvalue weighted by Gasteiger charge is -2.33. The van der Waals surface area contributed by atoms with Crippen molar-refractivity contribution < 1.29 is 9.59 Å². The maximum absolute atomic E-state index is 14.3. The van der Waals surface area contributed by atoms with Crippen LogP contribution in [0.4, 0.5) is 10.5 Å². The summed E-state index contributed by atoms with van der Waals surface area (Å²) in [5.41, 5.74) is 6.20. The lowest BCUT2D eigenvalue weighted by atomic mass is 10.0. The zero-order valence-electron chi connectivity index (χ0n) is 20.7. The Morgan fingerprint density at radius 1 is 1.00 bits per heavy atom. The maximum Gasteiger partial charge on any atom is 0.319 e. The highest BCUT2D eigenvalue weighted by molar-refractivity contribution is 8.02. The monoisotopic (exact) mass is 485 g/mol. The molecule has 2 aliphatic rings. The molecule has 0 unspecified atom stereocenters. The predicted octanol–water partition coefficient (Wildman–Crippen LogP) is 5.74. The number of nitrogens with zero attached hydrogens (tertiary/aromatic N) is 2. The molecule has 0 radical (unpaired) electrons. The summed E-state index contributed by atoms with van der Waals surface area (Å²) in [6.07, 6.45) is 0. The van der Waals surface area contributed by atoms with E-state index in [1.807, 2.05) is 66.4 Å². The molecule has 0 aliphatic carbocycles. The van der Waals surface area contributed by atoms with Gasteiger partial charge < -0.3 is 10.2 Å². The van der Waals surface area contributed by atoms with Gasteiger partial charge in [0.15, 0.2) is 4.87 Å². The number of aryl methyl sites for hydroxylation is 2. The molecule has 3 aromatic rings.